The van der Waals surface area contributed by atoms with Gasteiger partial charge >= 0.3 is 0 Å². The predicted molar refractivity (Wildman–Crippen MR) is 104 cm³/mol. The molecule has 0 atom stereocenters. The molecule has 0 aromatic heterocycles. The van der Waals surface area contributed by atoms with E-state index >= 15 is 0 Å². The van der Waals surface area contributed by atoms with Gasteiger partial charge in [0.05, 0.1) is 7.11 Å². The molecule has 0 fully saturated rings. The average Bonchev–Trinajstić information content (AvgIpc) is 2.53. The lowest BCUT2D eigenvalue weighted by Crippen LogP contribution is -2.25. The minimum atomic E-state index is -0.0624. The van der Waals surface area contributed by atoms with Crippen LogP contribution in [0.15, 0.2) is 48.5 Å². The van der Waals surface area contributed by atoms with Crippen LogP contribution < -0.4 is 0 Å². The van der Waals surface area contributed by atoms with Crippen molar-refractivity contribution >= 4 is 6.47 Å². The number of methoxy groups -OCH3 is 1. The normalized spacial score (nSPS) is 11.3. The van der Waals surface area contributed by atoms with Gasteiger partial charge in [-0.3, -0.25) is 4.79 Å². The van der Waals surface area contributed by atoms with Crippen LogP contribution in [0, 0.1) is 5.41 Å². The molecule has 0 amide bonds. The molecule has 2 aromatic rings. The van der Waals surface area contributed by atoms with E-state index in [1.165, 1.54) is 7.11 Å². The third-order valence-electron chi connectivity index (χ3n) is 3.92. The lowest BCUT2D eigenvalue weighted by molar-refractivity contribution is -0.126. The van der Waals surface area contributed by atoms with Gasteiger partial charge in [0.25, 0.3) is 6.47 Å². The first-order chi connectivity index (χ1) is 11.6. The minimum Gasteiger partial charge on any atom is -0.507 e. The van der Waals surface area contributed by atoms with Crippen molar-refractivity contribution < 1.29 is 14.6 Å². The number of ether oxygens (including phenoxy) is 1. The molecule has 0 bridgehead atoms. The van der Waals surface area contributed by atoms with Crippen LogP contribution in [-0.4, -0.2) is 18.7 Å². The first-order valence-corrected chi connectivity index (χ1v) is 8.47. The van der Waals surface area contributed by atoms with Gasteiger partial charge in [0.1, 0.15) is 5.75 Å². The number of phenolic OH excluding ortho intramolecular Hbond substituents is 1. The zero-order chi connectivity index (χ0) is 19.1. The van der Waals surface area contributed by atoms with Crippen LogP contribution in [0.2, 0.25) is 0 Å². The molecule has 0 spiro atoms. The number of phenols is 1. The summed E-state index contributed by atoms with van der Waals surface area (Å²) in [6, 6.07) is 16.2. The first-order valence-electron chi connectivity index (χ1n) is 8.47. The van der Waals surface area contributed by atoms with Gasteiger partial charge in [-0.15, -0.1) is 0 Å². The Balaban J connectivity index is 0.000000705. The number of rotatable bonds is 4. The number of carbonyl (C=O) groups excluding carboxylic acids is 1. The zero-order valence-corrected chi connectivity index (χ0v) is 16.2. The summed E-state index contributed by atoms with van der Waals surface area (Å²) in [7, 11) is 1.31. The Morgan fingerprint density at radius 2 is 1.52 bits per heavy atom. The second kappa shape index (κ2) is 8.70. The summed E-state index contributed by atoms with van der Waals surface area (Å²) in [6.07, 6.45) is 1.02. The summed E-state index contributed by atoms with van der Waals surface area (Å²) in [5, 5.41) is 10.8. The smallest absolute Gasteiger partial charge is 0.292 e. The summed E-state index contributed by atoms with van der Waals surface area (Å²) in [5.74, 6) is 0.415. The topological polar surface area (TPSA) is 46.5 Å². The number of hydrogen-bond donors (Lipinski definition) is 1. The SMILES string of the molecule is CC(C)(C)CC(C)(C)c1cccc(-c2ccccc2)c1O.COC=O. The largest absolute Gasteiger partial charge is 0.507 e. The van der Waals surface area contributed by atoms with Crippen molar-refractivity contribution in [3.8, 4) is 16.9 Å². The zero-order valence-electron chi connectivity index (χ0n) is 16.2. The van der Waals surface area contributed by atoms with Crippen LogP contribution in [0.1, 0.15) is 46.6 Å². The maximum atomic E-state index is 10.8. The highest BCUT2D eigenvalue weighted by molar-refractivity contribution is 5.72. The average molecular weight is 342 g/mol. The molecule has 0 heterocycles. The van der Waals surface area contributed by atoms with Crippen molar-refractivity contribution in [2.45, 2.75) is 46.5 Å². The number of aromatic hydroxyl groups is 1. The van der Waals surface area contributed by atoms with Gasteiger partial charge in [-0.25, -0.2) is 0 Å². The fraction of sp³-hybridized carbons (Fsp3) is 0.409. The lowest BCUT2D eigenvalue weighted by Gasteiger charge is -2.33. The highest BCUT2D eigenvalue weighted by Crippen LogP contribution is 2.43. The first kappa shape index (κ1) is 20.8. The highest BCUT2D eigenvalue weighted by Gasteiger charge is 2.30. The van der Waals surface area contributed by atoms with Gasteiger partial charge in [0.15, 0.2) is 0 Å². The number of benzene rings is 2. The molecule has 25 heavy (non-hydrogen) atoms. The molecule has 3 nitrogen and oxygen atoms in total. The Labute approximate surface area is 151 Å². The van der Waals surface area contributed by atoms with Gasteiger partial charge in [0, 0.05) is 11.1 Å². The van der Waals surface area contributed by atoms with Crippen molar-refractivity contribution in [1.82, 2.24) is 0 Å². The molecule has 136 valence electrons. The third kappa shape index (κ3) is 6.26. The summed E-state index contributed by atoms with van der Waals surface area (Å²) in [5.41, 5.74) is 3.16. The predicted octanol–water partition coefficient (Wildman–Crippen LogP) is 5.56. The van der Waals surface area contributed by atoms with E-state index in [2.05, 4.69) is 39.4 Å². The van der Waals surface area contributed by atoms with Crippen molar-refractivity contribution in [2.75, 3.05) is 7.11 Å². The fourth-order valence-corrected chi connectivity index (χ4v) is 3.36. The molecule has 0 aliphatic heterocycles. The van der Waals surface area contributed by atoms with Crippen LogP contribution >= 0.6 is 0 Å². The molecule has 0 radical (unpaired) electrons. The third-order valence-corrected chi connectivity index (χ3v) is 3.92. The summed E-state index contributed by atoms with van der Waals surface area (Å²) >= 11 is 0. The van der Waals surface area contributed by atoms with Gasteiger partial charge < -0.3 is 9.84 Å². The van der Waals surface area contributed by atoms with Crippen LogP contribution in [-0.2, 0) is 14.9 Å². The molecule has 1 N–H and O–H groups in total. The Hall–Kier alpha value is -2.29. The van der Waals surface area contributed by atoms with Crippen LogP contribution in [0.25, 0.3) is 11.1 Å². The van der Waals surface area contributed by atoms with Crippen molar-refractivity contribution in [3.05, 3.63) is 54.1 Å². The van der Waals surface area contributed by atoms with Gasteiger partial charge in [-0.1, -0.05) is 83.1 Å². The highest BCUT2D eigenvalue weighted by atomic mass is 16.5. The minimum absolute atomic E-state index is 0.0624. The second-order valence-electron chi connectivity index (χ2n) is 8.02. The maximum Gasteiger partial charge on any atom is 0.292 e. The Morgan fingerprint density at radius 3 is 2.00 bits per heavy atom. The van der Waals surface area contributed by atoms with E-state index in [0.29, 0.717) is 12.2 Å². The van der Waals surface area contributed by atoms with Crippen molar-refractivity contribution in [3.63, 3.8) is 0 Å². The number of hydrogen-bond acceptors (Lipinski definition) is 3. The standard InChI is InChI=1S/C20H26O.C2H4O2/c1-19(2,3)14-20(4,5)17-13-9-12-16(18(17)21)15-10-7-6-8-11-15;1-4-2-3/h6-13,21H,14H2,1-5H3;2H,1H3. The Kier molecular flexibility index (Phi) is 7.22. The van der Waals surface area contributed by atoms with Crippen molar-refractivity contribution in [2.24, 2.45) is 5.41 Å². The summed E-state index contributed by atoms with van der Waals surface area (Å²) in [4.78, 5) is 8.95. The Bertz CT molecular complexity index is 667. The molecule has 3 heteroatoms. The monoisotopic (exact) mass is 342 g/mol. The van der Waals surface area contributed by atoms with Crippen LogP contribution in [0.3, 0.4) is 0 Å². The van der Waals surface area contributed by atoms with Crippen LogP contribution in [0.5, 0.6) is 5.75 Å². The molecule has 2 rings (SSSR count). The van der Waals surface area contributed by atoms with Gasteiger partial charge in [-0.2, -0.15) is 0 Å². The van der Waals surface area contributed by atoms with E-state index in [4.69, 9.17) is 4.79 Å². The van der Waals surface area contributed by atoms with Crippen LogP contribution in [0.4, 0.5) is 0 Å². The molecule has 0 unspecified atom stereocenters. The molecular weight excluding hydrogens is 312 g/mol. The molecule has 0 saturated carbocycles. The van der Waals surface area contributed by atoms with E-state index in [0.717, 1.165) is 23.1 Å². The quantitative estimate of drug-likeness (QED) is 0.740. The molecule has 0 aliphatic carbocycles. The number of para-hydroxylation sites is 1. The van der Waals surface area contributed by atoms with E-state index in [1.807, 2.05) is 48.5 Å². The fourth-order valence-electron chi connectivity index (χ4n) is 3.36. The number of carbonyl (C=O) groups is 1. The van der Waals surface area contributed by atoms with Crippen molar-refractivity contribution in [1.29, 1.82) is 0 Å². The Morgan fingerprint density at radius 1 is 0.960 bits per heavy atom. The summed E-state index contributed by atoms with van der Waals surface area (Å²) < 4.78 is 3.86. The molecule has 0 aliphatic rings. The molecule has 0 saturated heterocycles. The summed E-state index contributed by atoms with van der Waals surface area (Å²) in [6.45, 7) is 11.5. The lowest BCUT2D eigenvalue weighted by atomic mass is 9.71. The maximum absolute atomic E-state index is 10.8. The van der Waals surface area contributed by atoms with E-state index in [-0.39, 0.29) is 10.8 Å². The van der Waals surface area contributed by atoms with E-state index < -0.39 is 0 Å². The molecule has 2 aromatic carbocycles. The van der Waals surface area contributed by atoms with Gasteiger partial charge in [0.2, 0.25) is 0 Å². The van der Waals surface area contributed by atoms with E-state index in [1.54, 1.807) is 0 Å². The van der Waals surface area contributed by atoms with E-state index in [9.17, 15) is 5.11 Å². The molecular formula is C22H30O3. The second-order valence-corrected chi connectivity index (χ2v) is 8.02. The van der Waals surface area contributed by atoms with Gasteiger partial charge in [-0.05, 0) is 22.8 Å².